The van der Waals surface area contributed by atoms with Crippen molar-refractivity contribution in [1.82, 2.24) is 10.2 Å². The fraction of sp³-hybridized carbons (Fsp3) is 0.941. The Morgan fingerprint density at radius 3 is 2.71 bits per heavy atom. The molecule has 1 aliphatic carbocycles. The third-order valence-electron chi connectivity index (χ3n) is 5.37. The van der Waals surface area contributed by atoms with E-state index in [4.69, 9.17) is 5.73 Å². The van der Waals surface area contributed by atoms with E-state index in [-0.39, 0.29) is 11.3 Å². The minimum atomic E-state index is 0.0853. The lowest BCUT2D eigenvalue weighted by atomic mass is 9.71. The van der Waals surface area contributed by atoms with Crippen LogP contribution < -0.4 is 11.1 Å². The fourth-order valence-corrected chi connectivity index (χ4v) is 4.00. The molecule has 2 fully saturated rings. The van der Waals surface area contributed by atoms with Crippen molar-refractivity contribution in [2.75, 3.05) is 32.7 Å². The summed E-state index contributed by atoms with van der Waals surface area (Å²) >= 11 is 0. The lowest BCUT2D eigenvalue weighted by molar-refractivity contribution is -0.123. The molecule has 0 radical (unpaired) electrons. The van der Waals surface area contributed by atoms with E-state index in [2.05, 4.69) is 17.1 Å². The Balaban J connectivity index is 1.67. The summed E-state index contributed by atoms with van der Waals surface area (Å²) in [5.41, 5.74) is 6.04. The van der Waals surface area contributed by atoms with Gasteiger partial charge < -0.3 is 16.0 Å². The van der Waals surface area contributed by atoms with E-state index in [1.807, 2.05) is 0 Å². The molecule has 4 nitrogen and oxygen atoms in total. The standard InChI is InChI=1S/C17H33N3O/c1-15-6-5-10-20(13-15)11-9-19-16(21)12-17(14-18)7-3-2-4-8-17/h15H,2-14,18H2,1H3,(H,19,21). The molecule has 0 bridgehead atoms. The molecule has 1 unspecified atom stereocenters. The summed E-state index contributed by atoms with van der Waals surface area (Å²) in [5.74, 6) is 1.00. The number of hydrogen-bond acceptors (Lipinski definition) is 3. The summed E-state index contributed by atoms with van der Waals surface area (Å²) in [6.07, 6.45) is 9.29. The van der Waals surface area contributed by atoms with Gasteiger partial charge in [0, 0.05) is 26.1 Å². The van der Waals surface area contributed by atoms with Crippen molar-refractivity contribution in [1.29, 1.82) is 0 Å². The molecule has 0 aromatic carbocycles. The van der Waals surface area contributed by atoms with Gasteiger partial charge in [-0.2, -0.15) is 0 Å². The number of rotatable bonds is 6. The number of carbonyl (C=O) groups excluding carboxylic acids is 1. The average Bonchev–Trinajstić information content (AvgIpc) is 2.48. The van der Waals surface area contributed by atoms with Gasteiger partial charge in [-0.15, -0.1) is 0 Å². The highest BCUT2D eigenvalue weighted by atomic mass is 16.1. The van der Waals surface area contributed by atoms with Gasteiger partial charge in [-0.1, -0.05) is 26.2 Å². The number of nitrogens with zero attached hydrogens (tertiary/aromatic N) is 1. The molecule has 1 saturated heterocycles. The monoisotopic (exact) mass is 295 g/mol. The zero-order valence-electron chi connectivity index (χ0n) is 13.7. The molecule has 4 heteroatoms. The lowest BCUT2D eigenvalue weighted by Gasteiger charge is -2.35. The maximum atomic E-state index is 12.2. The molecular formula is C17H33N3O. The largest absolute Gasteiger partial charge is 0.355 e. The van der Waals surface area contributed by atoms with Gasteiger partial charge in [0.2, 0.25) is 5.91 Å². The minimum absolute atomic E-state index is 0.0853. The summed E-state index contributed by atoms with van der Waals surface area (Å²) < 4.78 is 0. The Hall–Kier alpha value is -0.610. The van der Waals surface area contributed by atoms with Crippen LogP contribution in [0.25, 0.3) is 0 Å². The second-order valence-electron chi connectivity index (χ2n) is 7.34. The number of likely N-dealkylation sites (tertiary alicyclic amines) is 1. The molecule has 1 atom stereocenters. The highest BCUT2D eigenvalue weighted by Crippen LogP contribution is 2.38. The topological polar surface area (TPSA) is 58.4 Å². The highest BCUT2D eigenvalue weighted by Gasteiger charge is 2.32. The van der Waals surface area contributed by atoms with Crippen LogP contribution in [-0.2, 0) is 4.79 Å². The Morgan fingerprint density at radius 1 is 1.29 bits per heavy atom. The maximum absolute atomic E-state index is 12.2. The molecule has 122 valence electrons. The molecule has 0 spiro atoms. The molecule has 1 aliphatic heterocycles. The van der Waals surface area contributed by atoms with E-state index in [1.54, 1.807) is 0 Å². The number of amides is 1. The number of nitrogens with one attached hydrogen (secondary N) is 1. The number of piperidine rings is 1. The number of nitrogens with two attached hydrogens (primary N) is 1. The van der Waals surface area contributed by atoms with Gasteiger partial charge in [-0.25, -0.2) is 0 Å². The van der Waals surface area contributed by atoms with Gasteiger partial charge in [0.1, 0.15) is 0 Å². The SMILES string of the molecule is CC1CCCN(CCNC(=O)CC2(CN)CCCCC2)C1. The normalized spacial score (nSPS) is 26.5. The van der Waals surface area contributed by atoms with Crippen LogP contribution in [0.3, 0.4) is 0 Å². The quantitative estimate of drug-likeness (QED) is 0.789. The second-order valence-corrected chi connectivity index (χ2v) is 7.34. The molecule has 0 aromatic heterocycles. The van der Waals surface area contributed by atoms with E-state index in [9.17, 15) is 4.79 Å². The van der Waals surface area contributed by atoms with Crippen LogP contribution in [0.2, 0.25) is 0 Å². The number of carbonyl (C=O) groups is 1. The zero-order chi connectivity index (χ0) is 15.1. The van der Waals surface area contributed by atoms with Crippen molar-refractivity contribution in [2.24, 2.45) is 17.1 Å². The minimum Gasteiger partial charge on any atom is -0.355 e. The van der Waals surface area contributed by atoms with Crippen LogP contribution in [0.15, 0.2) is 0 Å². The number of hydrogen-bond donors (Lipinski definition) is 2. The molecule has 1 saturated carbocycles. The first-order valence-corrected chi connectivity index (χ1v) is 8.83. The van der Waals surface area contributed by atoms with Crippen molar-refractivity contribution in [3.63, 3.8) is 0 Å². The molecular weight excluding hydrogens is 262 g/mol. The summed E-state index contributed by atoms with van der Waals surface area (Å²) in [6.45, 7) is 7.12. The first-order valence-electron chi connectivity index (χ1n) is 8.83. The molecule has 1 amide bonds. The predicted molar refractivity (Wildman–Crippen MR) is 87.0 cm³/mol. The molecule has 3 N–H and O–H groups in total. The maximum Gasteiger partial charge on any atom is 0.220 e. The zero-order valence-corrected chi connectivity index (χ0v) is 13.7. The van der Waals surface area contributed by atoms with Crippen LogP contribution in [0.5, 0.6) is 0 Å². The Morgan fingerprint density at radius 2 is 2.05 bits per heavy atom. The van der Waals surface area contributed by atoms with Crippen molar-refractivity contribution in [2.45, 2.75) is 58.3 Å². The summed E-state index contributed by atoms with van der Waals surface area (Å²) in [5, 5.41) is 3.12. The van der Waals surface area contributed by atoms with Gasteiger partial charge in [0.05, 0.1) is 0 Å². The second kappa shape index (κ2) is 8.14. The van der Waals surface area contributed by atoms with Crippen LogP contribution in [0.1, 0.15) is 58.3 Å². The predicted octanol–water partition coefficient (Wildman–Crippen LogP) is 2.13. The van der Waals surface area contributed by atoms with Crippen LogP contribution in [0, 0.1) is 11.3 Å². The summed E-state index contributed by atoms with van der Waals surface area (Å²) in [4.78, 5) is 14.7. The van der Waals surface area contributed by atoms with Crippen LogP contribution in [-0.4, -0.2) is 43.5 Å². The Bertz CT molecular complexity index is 326. The molecule has 1 heterocycles. The molecule has 2 aliphatic rings. The Kier molecular flexibility index (Phi) is 6.49. The first-order chi connectivity index (χ1) is 10.1. The van der Waals surface area contributed by atoms with Gasteiger partial charge in [-0.05, 0) is 50.1 Å². The van der Waals surface area contributed by atoms with Gasteiger partial charge in [-0.3, -0.25) is 4.79 Å². The lowest BCUT2D eigenvalue weighted by Crippen LogP contribution is -2.42. The fourth-order valence-electron chi connectivity index (χ4n) is 4.00. The summed E-state index contributed by atoms with van der Waals surface area (Å²) in [7, 11) is 0. The Labute approximate surface area is 129 Å². The van der Waals surface area contributed by atoms with Gasteiger partial charge >= 0.3 is 0 Å². The van der Waals surface area contributed by atoms with Crippen molar-refractivity contribution >= 4 is 5.91 Å². The van der Waals surface area contributed by atoms with E-state index >= 15 is 0 Å². The van der Waals surface area contributed by atoms with E-state index < -0.39 is 0 Å². The van der Waals surface area contributed by atoms with Crippen molar-refractivity contribution < 1.29 is 4.79 Å². The van der Waals surface area contributed by atoms with Gasteiger partial charge in [0.25, 0.3) is 0 Å². The van der Waals surface area contributed by atoms with E-state index in [0.29, 0.717) is 13.0 Å². The highest BCUT2D eigenvalue weighted by molar-refractivity contribution is 5.76. The van der Waals surface area contributed by atoms with E-state index in [1.165, 1.54) is 45.2 Å². The van der Waals surface area contributed by atoms with E-state index in [0.717, 1.165) is 31.8 Å². The smallest absolute Gasteiger partial charge is 0.220 e. The molecule has 2 rings (SSSR count). The van der Waals surface area contributed by atoms with Crippen LogP contribution in [0.4, 0.5) is 0 Å². The third kappa shape index (κ3) is 5.26. The van der Waals surface area contributed by atoms with Crippen molar-refractivity contribution in [3.05, 3.63) is 0 Å². The molecule has 0 aromatic rings. The van der Waals surface area contributed by atoms with Crippen molar-refractivity contribution in [3.8, 4) is 0 Å². The average molecular weight is 295 g/mol. The third-order valence-corrected chi connectivity index (χ3v) is 5.37. The molecule has 21 heavy (non-hydrogen) atoms. The first kappa shape index (κ1) is 16.8. The van der Waals surface area contributed by atoms with Gasteiger partial charge in [0.15, 0.2) is 0 Å². The summed E-state index contributed by atoms with van der Waals surface area (Å²) in [6, 6.07) is 0. The van der Waals surface area contributed by atoms with Crippen LogP contribution >= 0.6 is 0 Å².